The predicted octanol–water partition coefficient (Wildman–Crippen LogP) is 1.12. The van der Waals surface area contributed by atoms with Crippen LogP contribution in [0.3, 0.4) is 0 Å². The molecule has 2 fully saturated rings. The van der Waals surface area contributed by atoms with E-state index in [1.807, 2.05) is 4.90 Å². The molecule has 2 aliphatic rings. The van der Waals surface area contributed by atoms with Crippen LogP contribution in [0.2, 0.25) is 0 Å². The van der Waals surface area contributed by atoms with Crippen molar-refractivity contribution in [2.45, 2.75) is 57.5 Å². The highest BCUT2D eigenvalue weighted by atomic mass is 16.2. The van der Waals surface area contributed by atoms with Crippen molar-refractivity contribution < 1.29 is 4.79 Å². The molecule has 0 aromatic carbocycles. The van der Waals surface area contributed by atoms with E-state index in [0.717, 1.165) is 19.6 Å². The summed E-state index contributed by atoms with van der Waals surface area (Å²) in [6.07, 6.45) is 6.82. The summed E-state index contributed by atoms with van der Waals surface area (Å²) in [7, 11) is 0. The van der Waals surface area contributed by atoms with Crippen molar-refractivity contribution in [2.24, 2.45) is 0 Å². The third-order valence-electron chi connectivity index (χ3n) is 4.09. The Kier molecular flexibility index (Phi) is 5.45. The van der Waals surface area contributed by atoms with Crippen molar-refractivity contribution in [3.8, 4) is 0 Å². The van der Waals surface area contributed by atoms with Gasteiger partial charge >= 0.3 is 0 Å². The first kappa shape index (κ1) is 13.8. The molecule has 2 atom stereocenters. The van der Waals surface area contributed by atoms with Gasteiger partial charge in [0.15, 0.2) is 0 Å². The Morgan fingerprint density at radius 2 is 2.17 bits per heavy atom. The van der Waals surface area contributed by atoms with E-state index in [-0.39, 0.29) is 0 Å². The molecule has 2 rings (SSSR count). The molecule has 0 bridgehead atoms. The van der Waals surface area contributed by atoms with E-state index < -0.39 is 0 Å². The standard InChI is InChI=1S/C14H27N3O/c1-12(11-13-5-4-7-16-13)15-8-6-14(18)17-9-2-3-10-17/h12-13,15-16H,2-11H2,1H3. The van der Waals surface area contributed by atoms with Crippen LogP contribution in [-0.2, 0) is 4.79 Å². The molecule has 0 saturated carbocycles. The lowest BCUT2D eigenvalue weighted by Gasteiger charge is -2.19. The minimum atomic E-state index is 0.325. The first-order valence-electron chi connectivity index (χ1n) is 7.50. The normalized spacial score (nSPS) is 25.6. The highest BCUT2D eigenvalue weighted by Gasteiger charge is 2.19. The minimum Gasteiger partial charge on any atom is -0.343 e. The van der Waals surface area contributed by atoms with Crippen molar-refractivity contribution in [1.82, 2.24) is 15.5 Å². The maximum atomic E-state index is 11.8. The second-order valence-corrected chi connectivity index (χ2v) is 5.72. The summed E-state index contributed by atoms with van der Waals surface area (Å²) < 4.78 is 0. The zero-order chi connectivity index (χ0) is 12.8. The Labute approximate surface area is 110 Å². The van der Waals surface area contributed by atoms with Gasteiger partial charge in [-0.3, -0.25) is 4.79 Å². The zero-order valence-electron chi connectivity index (χ0n) is 11.6. The van der Waals surface area contributed by atoms with Gasteiger partial charge in [-0.15, -0.1) is 0 Å². The fourth-order valence-corrected chi connectivity index (χ4v) is 3.02. The topological polar surface area (TPSA) is 44.4 Å². The van der Waals surface area contributed by atoms with E-state index in [0.29, 0.717) is 24.4 Å². The highest BCUT2D eigenvalue weighted by molar-refractivity contribution is 5.76. The molecule has 4 nitrogen and oxygen atoms in total. The van der Waals surface area contributed by atoms with Crippen LogP contribution in [0.1, 0.15) is 45.4 Å². The molecule has 2 N–H and O–H groups in total. The molecule has 0 aliphatic carbocycles. The van der Waals surface area contributed by atoms with Crippen molar-refractivity contribution in [1.29, 1.82) is 0 Å². The van der Waals surface area contributed by atoms with Gasteiger partial charge < -0.3 is 15.5 Å². The van der Waals surface area contributed by atoms with E-state index in [1.165, 1.54) is 38.6 Å². The maximum Gasteiger partial charge on any atom is 0.223 e. The van der Waals surface area contributed by atoms with E-state index in [2.05, 4.69) is 17.6 Å². The molecule has 0 spiro atoms. The lowest BCUT2D eigenvalue weighted by Crippen LogP contribution is -2.36. The summed E-state index contributed by atoms with van der Waals surface area (Å²) in [6, 6.07) is 1.19. The van der Waals surface area contributed by atoms with Gasteiger partial charge in [0.25, 0.3) is 0 Å². The maximum absolute atomic E-state index is 11.8. The number of likely N-dealkylation sites (tertiary alicyclic amines) is 1. The van der Waals surface area contributed by atoms with Crippen LogP contribution in [-0.4, -0.2) is 49.1 Å². The molecule has 4 heteroatoms. The summed E-state index contributed by atoms with van der Waals surface area (Å²) in [4.78, 5) is 13.8. The summed E-state index contributed by atoms with van der Waals surface area (Å²) in [5.41, 5.74) is 0. The highest BCUT2D eigenvalue weighted by Crippen LogP contribution is 2.11. The summed E-state index contributed by atoms with van der Waals surface area (Å²) >= 11 is 0. The van der Waals surface area contributed by atoms with Crippen molar-refractivity contribution >= 4 is 5.91 Å². The predicted molar refractivity (Wildman–Crippen MR) is 73.5 cm³/mol. The molecule has 2 unspecified atom stereocenters. The van der Waals surface area contributed by atoms with E-state index >= 15 is 0 Å². The second kappa shape index (κ2) is 7.10. The number of rotatable bonds is 6. The number of amides is 1. The Hall–Kier alpha value is -0.610. The first-order chi connectivity index (χ1) is 8.75. The molecule has 0 aromatic rings. The molecular formula is C14H27N3O. The van der Waals surface area contributed by atoms with E-state index in [1.54, 1.807) is 0 Å². The van der Waals surface area contributed by atoms with Crippen LogP contribution in [0.15, 0.2) is 0 Å². The van der Waals surface area contributed by atoms with Gasteiger partial charge in [-0.25, -0.2) is 0 Å². The zero-order valence-corrected chi connectivity index (χ0v) is 11.6. The Balaban J connectivity index is 1.54. The van der Waals surface area contributed by atoms with Crippen molar-refractivity contribution in [3.63, 3.8) is 0 Å². The number of hydrogen-bond acceptors (Lipinski definition) is 3. The summed E-state index contributed by atoms with van der Waals surface area (Å²) in [6.45, 7) is 6.16. The fraction of sp³-hybridized carbons (Fsp3) is 0.929. The average molecular weight is 253 g/mol. The Morgan fingerprint density at radius 1 is 1.39 bits per heavy atom. The summed E-state index contributed by atoms with van der Waals surface area (Å²) in [5, 5.41) is 6.99. The summed E-state index contributed by atoms with van der Waals surface area (Å²) in [5.74, 6) is 0.325. The number of carbonyl (C=O) groups is 1. The lowest BCUT2D eigenvalue weighted by molar-refractivity contribution is -0.130. The van der Waals surface area contributed by atoms with Crippen LogP contribution in [0.5, 0.6) is 0 Å². The van der Waals surface area contributed by atoms with Crippen LogP contribution >= 0.6 is 0 Å². The van der Waals surface area contributed by atoms with E-state index in [9.17, 15) is 4.79 Å². The number of nitrogens with zero attached hydrogens (tertiary/aromatic N) is 1. The van der Waals surface area contributed by atoms with Gasteiger partial charge in [-0.1, -0.05) is 0 Å². The Morgan fingerprint density at radius 3 is 2.83 bits per heavy atom. The quantitative estimate of drug-likeness (QED) is 0.745. The molecule has 0 aromatic heterocycles. The monoisotopic (exact) mass is 253 g/mol. The van der Waals surface area contributed by atoms with Gasteiger partial charge in [-0.05, 0) is 45.6 Å². The van der Waals surface area contributed by atoms with Gasteiger partial charge in [-0.2, -0.15) is 0 Å². The van der Waals surface area contributed by atoms with Gasteiger partial charge in [0, 0.05) is 38.1 Å². The van der Waals surface area contributed by atoms with Crippen LogP contribution in [0.4, 0.5) is 0 Å². The van der Waals surface area contributed by atoms with E-state index in [4.69, 9.17) is 0 Å². The third kappa shape index (κ3) is 4.25. The SMILES string of the molecule is CC(CC1CCCN1)NCCC(=O)N1CCCC1. The molecule has 1 amide bonds. The van der Waals surface area contributed by atoms with Crippen LogP contribution < -0.4 is 10.6 Å². The third-order valence-corrected chi connectivity index (χ3v) is 4.09. The number of carbonyl (C=O) groups excluding carboxylic acids is 1. The Bertz CT molecular complexity index is 258. The molecular weight excluding hydrogens is 226 g/mol. The smallest absolute Gasteiger partial charge is 0.223 e. The first-order valence-corrected chi connectivity index (χ1v) is 7.50. The van der Waals surface area contributed by atoms with Gasteiger partial charge in [0.2, 0.25) is 5.91 Å². The van der Waals surface area contributed by atoms with Crippen LogP contribution in [0, 0.1) is 0 Å². The fourth-order valence-electron chi connectivity index (χ4n) is 3.02. The molecule has 2 heterocycles. The molecule has 2 aliphatic heterocycles. The van der Waals surface area contributed by atoms with Crippen molar-refractivity contribution in [2.75, 3.05) is 26.2 Å². The largest absolute Gasteiger partial charge is 0.343 e. The minimum absolute atomic E-state index is 0.325. The second-order valence-electron chi connectivity index (χ2n) is 5.72. The number of nitrogens with one attached hydrogen (secondary N) is 2. The van der Waals surface area contributed by atoms with Crippen molar-refractivity contribution in [3.05, 3.63) is 0 Å². The van der Waals surface area contributed by atoms with Gasteiger partial charge in [0.05, 0.1) is 0 Å². The molecule has 104 valence electrons. The van der Waals surface area contributed by atoms with Crippen LogP contribution in [0.25, 0.3) is 0 Å². The molecule has 18 heavy (non-hydrogen) atoms. The lowest BCUT2D eigenvalue weighted by atomic mass is 10.1. The molecule has 2 saturated heterocycles. The average Bonchev–Trinajstić information content (AvgIpc) is 3.00. The number of hydrogen-bond donors (Lipinski definition) is 2. The van der Waals surface area contributed by atoms with Gasteiger partial charge in [0.1, 0.15) is 0 Å². The molecule has 0 radical (unpaired) electrons.